The van der Waals surface area contributed by atoms with Crippen LogP contribution in [-0.4, -0.2) is 42.5 Å². The molecule has 0 aliphatic rings. The molecule has 10 heteroatoms. The second-order valence-electron chi connectivity index (χ2n) is 7.03. The van der Waals surface area contributed by atoms with Gasteiger partial charge in [-0.2, -0.15) is 0 Å². The third kappa shape index (κ3) is 4.27. The standard InChI is InChI=1S/C21H20FN7O2/c1-11-3-4-14(22)20-19(11)13(12(2)28-20)5-6-23-16-7-17(27-10-26-16)29-18-9-24-15(8-25-18)21(30)31/h3-4,7-10,28H,5-6H2,1-2H3,(H,30,31)(H2,23,25,26,27,29). The Morgan fingerprint density at radius 2 is 1.90 bits per heavy atom. The summed E-state index contributed by atoms with van der Waals surface area (Å²) in [5, 5.41) is 16.0. The molecule has 4 N–H and O–H groups in total. The number of fused-ring (bicyclic) bond motifs is 1. The first-order valence-corrected chi connectivity index (χ1v) is 9.57. The van der Waals surface area contributed by atoms with Crippen molar-refractivity contribution < 1.29 is 14.3 Å². The van der Waals surface area contributed by atoms with Gasteiger partial charge in [-0.25, -0.2) is 29.1 Å². The van der Waals surface area contributed by atoms with Crippen LogP contribution in [0.2, 0.25) is 0 Å². The second-order valence-corrected chi connectivity index (χ2v) is 7.03. The van der Waals surface area contributed by atoms with E-state index in [0.717, 1.165) is 22.2 Å². The minimum absolute atomic E-state index is 0.140. The highest BCUT2D eigenvalue weighted by molar-refractivity contribution is 5.88. The van der Waals surface area contributed by atoms with Crippen LogP contribution in [0.15, 0.2) is 36.9 Å². The maximum absolute atomic E-state index is 14.1. The average molecular weight is 421 g/mol. The van der Waals surface area contributed by atoms with E-state index in [1.807, 2.05) is 13.8 Å². The van der Waals surface area contributed by atoms with Gasteiger partial charge < -0.3 is 20.7 Å². The van der Waals surface area contributed by atoms with Crippen LogP contribution in [0.4, 0.5) is 21.8 Å². The topological polar surface area (TPSA) is 129 Å². The number of aromatic nitrogens is 5. The quantitative estimate of drug-likeness (QED) is 0.356. The largest absolute Gasteiger partial charge is 0.476 e. The number of hydrogen-bond donors (Lipinski definition) is 4. The van der Waals surface area contributed by atoms with Gasteiger partial charge in [-0.15, -0.1) is 0 Å². The minimum atomic E-state index is -1.14. The van der Waals surface area contributed by atoms with Crippen molar-refractivity contribution in [3.63, 3.8) is 0 Å². The van der Waals surface area contributed by atoms with Gasteiger partial charge in [-0.1, -0.05) is 6.07 Å². The number of rotatable bonds is 7. The van der Waals surface area contributed by atoms with Crippen molar-refractivity contribution in [1.82, 2.24) is 24.9 Å². The number of halogens is 1. The summed E-state index contributed by atoms with van der Waals surface area (Å²) in [6, 6.07) is 4.97. The van der Waals surface area contributed by atoms with E-state index < -0.39 is 5.97 Å². The molecule has 158 valence electrons. The first-order chi connectivity index (χ1) is 14.9. The number of nitrogens with zero attached hydrogens (tertiary/aromatic N) is 4. The van der Waals surface area contributed by atoms with Crippen LogP contribution in [0.1, 0.15) is 27.3 Å². The molecule has 0 radical (unpaired) electrons. The Morgan fingerprint density at radius 1 is 1.10 bits per heavy atom. The second kappa shape index (κ2) is 8.34. The van der Waals surface area contributed by atoms with Crippen LogP contribution in [0.5, 0.6) is 0 Å². The van der Waals surface area contributed by atoms with Gasteiger partial charge in [0, 0.05) is 23.7 Å². The molecule has 31 heavy (non-hydrogen) atoms. The number of aromatic amines is 1. The maximum Gasteiger partial charge on any atom is 0.356 e. The van der Waals surface area contributed by atoms with Crippen molar-refractivity contribution in [2.45, 2.75) is 20.3 Å². The van der Waals surface area contributed by atoms with E-state index in [2.05, 4.69) is 35.6 Å². The Balaban J connectivity index is 1.43. The van der Waals surface area contributed by atoms with Gasteiger partial charge in [-0.3, -0.25) is 0 Å². The van der Waals surface area contributed by atoms with Crippen molar-refractivity contribution in [3.8, 4) is 0 Å². The van der Waals surface area contributed by atoms with Gasteiger partial charge in [0.25, 0.3) is 0 Å². The molecule has 9 nitrogen and oxygen atoms in total. The minimum Gasteiger partial charge on any atom is -0.476 e. The smallest absolute Gasteiger partial charge is 0.356 e. The Morgan fingerprint density at radius 3 is 2.65 bits per heavy atom. The van der Waals surface area contributed by atoms with Gasteiger partial charge in [0.05, 0.1) is 17.9 Å². The summed E-state index contributed by atoms with van der Waals surface area (Å²) in [5.74, 6) is 0.0514. The summed E-state index contributed by atoms with van der Waals surface area (Å²) < 4.78 is 14.1. The number of carbonyl (C=O) groups is 1. The SMILES string of the molecule is Cc1[nH]c2c(F)ccc(C)c2c1CCNc1cc(Nc2cnc(C(=O)O)cn2)ncn1. The van der Waals surface area contributed by atoms with Crippen LogP contribution < -0.4 is 10.6 Å². The van der Waals surface area contributed by atoms with Gasteiger partial charge >= 0.3 is 5.97 Å². The summed E-state index contributed by atoms with van der Waals surface area (Å²) in [5.41, 5.74) is 3.44. The highest BCUT2D eigenvalue weighted by Crippen LogP contribution is 2.28. The molecule has 0 fully saturated rings. The van der Waals surface area contributed by atoms with Gasteiger partial charge in [0.1, 0.15) is 29.6 Å². The molecule has 0 unspecified atom stereocenters. The summed E-state index contributed by atoms with van der Waals surface area (Å²) in [7, 11) is 0. The molecule has 0 bridgehead atoms. The number of aryl methyl sites for hydroxylation is 2. The lowest BCUT2D eigenvalue weighted by Gasteiger charge is -2.09. The van der Waals surface area contributed by atoms with Crippen molar-refractivity contribution in [3.05, 3.63) is 65.3 Å². The Hall–Kier alpha value is -4.08. The molecule has 0 aliphatic carbocycles. The predicted octanol–water partition coefficient (Wildman–Crippen LogP) is 3.60. The van der Waals surface area contributed by atoms with E-state index in [1.54, 1.807) is 12.1 Å². The molecule has 0 spiro atoms. The highest BCUT2D eigenvalue weighted by Gasteiger charge is 2.14. The maximum atomic E-state index is 14.1. The number of hydrogen-bond acceptors (Lipinski definition) is 7. The van der Waals surface area contributed by atoms with Crippen LogP contribution >= 0.6 is 0 Å². The first kappa shape index (κ1) is 20.2. The lowest BCUT2D eigenvalue weighted by atomic mass is 10.0. The van der Waals surface area contributed by atoms with Crippen LogP contribution in [-0.2, 0) is 6.42 Å². The number of benzene rings is 1. The molecule has 0 atom stereocenters. The number of nitrogens with one attached hydrogen (secondary N) is 3. The molecule has 0 saturated carbocycles. The Kier molecular flexibility index (Phi) is 5.44. The van der Waals surface area contributed by atoms with Crippen LogP contribution in [0.25, 0.3) is 10.9 Å². The molecular weight excluding hydrogens is 401 g/mol. The normalized spacial score (nSPS) is 10.9. The third-order valence-electron chi connectivity index (χ3n) is 4.91. The third-order valence-corrected chi connectivity index (χ3v) is 4.91. The fraction of sp³-hybridized carbons (Fsp3) is 0.190. The fourth-order valence-electron chi connectivity index (χ4n) is 3.43. The van der Waals surface area contributed by atoms with E-state index in [-0.39, 0.29) is 11.5 Å². The molecule has 0 amide bonds. The van der Waals surface area contributed by atoms with Crippen molar-refractivity contribution in [2.24, 2.45) is 0 Å². The molecular formula is C21H20FN7O2. The zero-order valence-corrected chi connectivity index (χ0v) is 16.9. The van der Waals surface area contributed by atoms with E-state index in [4.69, 9.17) is 5.11 Å². The van der Waals surface area contributed by atoms with E-state index in [0.29, 0.717) is 35.9 Å². The van der Waals surface area contributed by atoms with Crippen LogP contribution in [0.3, 0.4) is 0 Å². The molecule has 4 aromatic rings. The lowest BCUT2D eigenvalue weighted by molar-refractivity contribution is 0.0690. The Bertz CT molecular complexity index is 1250. The molecule has 3 heterocycles. The van der Waals surface area contributed by atoms with Crippen LogP contribution in [0, 0.1) is 19.7 Å². The number of aromatic carboxylic acids is 1. The van der Waals surface area contributed by atoms with Crippen molar-refractivity contribution >= 4 is 34.3 Å². The average Bonchev–Trinajstić information content (AvgIpc) is 3.09. The monoisotopic (exact) mass is 421 g/mol. The zero-order chi connectivity index (χ0) is 22.0. The number of carboxylic acids is 1. The first-order valence-electron chi connectivity index (χ1n) is 9.57. The van der Waals surface area contributed by atoms with E-state index >= 15 is 0 Å². The summed E-state index contributed by atoms with van der Waals surface area (Å²) in [6.07, 6.45) is 4.57. The molecule has 1 aromatic carbocycles. The predicted molar refractivity (Wildman–Crippen MR) is 114 cm³/mol. The van der Waals surface area contributed by atoms with Crippen molar-refractivity contribution in [2.75, 3.05) is 17.2 Å². The summed E-state index contributed by atoms with van der Waals surface area (Å²) in [4.78, 5) is 30.2. The highest BCUT2D eigenvalue weighted by atomic mass is 19.1. The number of anilines is 3. The summed E-state index contributed by atoms with van der Waals surface area (Å²) in [6.45, 7) is 4.51. The molecule has 0 saturated heterocycles. The number of carboxylic acid groups (broad SMARTS) is 1. The summed E-state index contributed by atoms with van der Waals surface area (Å²) >= 11 is 0. The van der Waals surface area contributed by atoms with Gasteiger partial charge in [-0.05, 0) is 37.5 Å². The number of H-pyrrole nitrogens is 1. The lowest BCUT2D eigenvalue weighted by Crippen LogP contribution is -2.08. The molecule has 3 aromatic heterocycles. The molecule has 0 aliphatic heterocycles. The van der Waals surface area contributed by atoms with Crippen molar-refractivity contribution in [1.29, 1.82) is 0 Å². The molecule has 4 rings (SSSR count). The Labute approximate surface area is 176 Å². The van der Waals surface area contributed by atoms with Gasteiger partial charge in [0.2, 0.25) is 0 Å². The van der Waals surface area contributed by atoms with E-state index in [9.17, 15) is 9.18 Å². The van der Waals surface area contributed by atoms with Gasteiger partial charge in [0.15, 0.2) is 5.69 Å². The fourth-order valence-corrected chi connectivity index (χ4v) is 3.43. The zero-order valence-electron chi connectivity index (χ0n) is 16.9. The van der Waals surface area contributed by atoms with E-state index in [1.165, 1.54) is 24.8 Å².